The molecular weight excluding hydrogens is 326 g/mol. The number of nitrogens with one attached hydrogen (secondary N) is 1. The third-order valence-electron chi connectivity index (χ3n) is 5.83. The lowest BCUT2D eigenvalue weighted by atomic mass is 9.83. The number of hydrogen-bond acceptors (Lipinski definition) is 3. The molecule has 2 aliphatic rings. The Bertz CT molecular complexity index is 549. The summed E-state index contributed by atoms with van der Waals surface area (Å²) in [7, 11) is 0. The zero-order chi connectivity index (χ0) is 18.2. The van der Waals surface area contributed by atoms with Crippen LogP contribution in [0.4, 0.5) is 4.79 Å². The summed E-state index contributed by atoms with van der Waals surface area (Å²) in [6, 6.07) is 10.7. The summed E-state index contributed by atoms with van der Waals surface area (Å²) in [5.74, 6) is 0.574. The molecule has 1 aromatic carbocycles. The van der Waals surface area contributed by atoms with Gasteiger partial charge >= 0.3 is 6.03 Å². The van der Waals surface area contributed by atoms with E-state index in [4.69, 9.17) is 5.11 Å². The Morgan fingerprint density at radius 2 is 1.96 bits per heavy atom. The first-order valence-electron chi connectivity index (χ1n) is 10.2. The maximum atomic E-state index is 12.8. The van der Waals surface area contributed by atoms with E-state index >= 15 is 0 Å². The number of amides is 2. The lowest BCUT2D eigenvalue weighted by molar-refractivity contribution is 0.0596. The fraction of sp³-hybridized carbons (Fsp3) is 0.667. The van der Waals surface area contributed by atoms with Crippen LogP contribution in [0.25, 0.3) is 0 Å². The molecule has 0 aromatic heterocycles. The summed E-state index contributed by atoms with van der Waals surface area (Å²) in [6.45, 7) is 4.50. The highest BCUT2D eigenvalue weighted by atomic mass is 16.3. The van der Waals surface area contributed by atoms with E-state index in [9.17, 15) is 4.79 Å². The number of fused-ring (bicyclic) bond motifs is 1. The van der Waals surface area contributed by atoms with Gasteiger partial charge in [0.2, 0.25) is 0 Å². The van der Waals surface area contributed by atoms with E-state index in [1.165, 1.54) is 45.2 Å². The van der Waals surface area contributed by atoms with Crippen LogP contribution in [0.1, 0.15) is 44.1 Å². The number of aliphatic hydroxyl groups is 1. The SMILES string of the molecule is O=C(NCC1CCCN2CCCC[C@@H]12)N(CCCO)Cc1ccccc1. The molecule has 1 unspecified atom stereocenters. The van der Waals surface area contributed by atoms with E-state index in [0.717, 1.165) is 12.1 Å². The standard InChI is InChI=1S/C21H33N3O2/c25-15-7-14-24(17-18-8-2-1-3-9-18)21(26)22-16-19-10-6-13-23-12-5-4-11-20(19)23/h1-3,8-9,19-20,25H,4-7,10-17H2,(H,22,26)/t19?,20-/m0/s1. The van der Waals surface area contributed by atoms with Crippen LogP contribution in [0.2, 0.25) is 0 Å². The first-order chi connectivity index (χ1) is 12.8. The minimum Gasteiger partial charge on any atom is -0.396 e. The van der Waals surface area contributed by atoms with Crippen LogP contribution in [0.3, 0.4) is 0 Å². The number of benzene rings is 1. The van der Waals surface area contributed by atoms with Crippen LogP contribution < -0.4 is 5.32 Å². The van der Waals surface area contributed by atoms with E-state index < -0.39 is 0 Å². The molecule has 0 bridgehead atoms. The summed E-state index contributed by atoms with van der Waals surface area (Å²) >= 11 is 0. The van der Waals surface area contributed by atoms with Crippen molar-refractivity contribution in [3.63, 3.8) is 0 Å². The zero-order valence-corrected chi connectivity index (χ0v) is 15.8. The Morgan fingerprint density at radius 1 is 1.15 bits per heavy atom. The molecule has 2 heterocycles. The van der Waals surface area contributed by atoms with Crippen LogP contribution >= 0.6 is 0 Å². The van der Waals surface area contributed by atoms with Gasteiger partial charge < -0.3 is 20.2 Å². The van der Waals surface area contributed by atoms with Gasteiger partial charge in [-0.3, -0.25) is 0 Å². The van der Waals surface area contributed by atoms with E-state index in [1.807, 2.05) is 35.2 Å². The van der Waals surface area contributed by atoms with Crippen LogP contribution in [-0.2, 0) is 6.54 Å². The Morgan fingerprint density at radius 3 is 2.77 bits per heavy atom. The van der Waals surface area contributed by atoms with E-state index in [-0.39, 0.29) is 12.6 Å². The molecule has 2 N–H and O–H groups in total. The maximum Gasteiger partial charge on any atom is 0.317 e. The van der Waals surface area contributed by atoms with Crippen LogP contribution in [0.5, 0.6) is 0 Å². The van der Waals surface area contributed by atoms with E-state index in [2.05, 4.69) is 10.2 Å². The van der Waals surface area contributed by atoms with Crippen molar-refractivity contribution >= 4 is 6.03 Å². The molecule has 5 heteroatoms. The number of nitrogens with zero attached hydrogens (tertiary/aromatic N) is 2. The van der Waals surface area contributed by atoms with Crippen molar-refractivity contribution in [2.24, 2.45) is 5.92 Å². The predicted molar refractivity (Wildman–Crippen MR) is 104 cm³/mol. The largest absolute Gasteiger partial charge is 0.396 e. The molecular formula is C21H33N3O2. The molecule has 0 spiro atoms. The third kappa shape index (κ3) is 5.21. The highest BCUT2D eigenvalue weighted by molar-refractivity contribution is 5.74. The van der Waals surface area contributed by atoms with Gasteiger partial charge in [-0.15, -0.1) is 0 Å². The molecule has 5 nitrogen and oxygen atoms in total. The van der Waals surface area contributed by atoms with Gasteiger partial charge in [-0.1, -0.05) is 36.8 Å². The number of urea groups is 1. The maximum absolute atomic E-state index is 12.8. The molecule has 0 saturated carbocycles. The lowest BCUT2D eigenvalue weighted by Crippen LogP contribution is -2.52. The van der Waals surface area contributed by atoms with Gasteiger partial charge in [0.05, 0.1) is 0 Å². The normalized spacial score (nSPS) is 23.3. The minimum atomic E-state index is -0.00441. The molecule has 2 amide bonds. The van der Waals surface area contributed by atoms with Gasteiger partial charge in [-0.25, -0.2) is 4.79 Å². The van der Waals surface area contributed by atoms with Crippen LogP contribution in [-0.4, -0.2) is 59.8 Å². The fourth-order valence-electron chi connectivity index (χ4n) is 4.46. The second-order valence-corrected chi connectivity index (χ2v) is 7.67. The van der Waals surface area contributed by atoms with E-state index in [1.54, 1.807) is 0 Å². The number of piperidine rings is 2. The van der Waals surface area contributed by atoms with Crippen molar-refractivity contribution in [1.29, 1.82) is 0 Å². The second kappa shape index (κ2) is 9.93. The van der Waals surface area contributed by atoms with Gasteiger partial charge in [0.1, 0.15) is 0 Å². The van der Waals surface area contributed by atoms with Gasteiger partial charge in [0.15, 0.2) is 0 Å². The fourth-order valence-corrected chi connectivity index (χ4v) is 4.46. The summed E-state index contributed by atoms with van der Waals surface area (Å²) in [5.41, 5.74) is 1.12. The summed E-state index contributed by atoms with van der Waals surface area (Å²) in [5, 5.41) is 12.4. The zero-order valence-electron chi connectivity index (χ0n) is 15.8. The molecule has 2 atom stereocenters. The van der Waals surface area contributed by atoms with Crippen molar-refractivity contribution in [2.45, 2.75) is 51.1 Å². The number of hydrogen-bond donors (Lipinski definition) is 2. The topological polar surface area (TPSA) is 55.8 Å². The van der Waals surface area contributed by atoms with Gasteiger partial charge in [0.25, 0.3) is 0 Å². The molecule has 0 radical (unpaired) electrons. The average Bonchev–Trinajstić information content (AvgIpc) is 2.70. The number of carbonyl (C=O) groups is 1. The van der Waals surface area contributed by atoms with Crippen molar-refractivity contribution in [2.75, 3.05) is 32.8 Å². The molecule has 3 rings (SSSR count). The van der Waals surface area contributed by atoms with Gasteiger partial charge in [0, 0.05) is 32.3 Å². The van der Waals surface area contributed by atoms with Crippen LogP contribution in [0.15, 0.2) is 30.3 Å². The molecule has 1 aromatic rings. The Labute approximate surface area is 157 Å². The quantitative estimate of drug-likeness (QED) is 0.787. The van der Waals surface area contributed by atoms with E-state index in [0.29, 0.717) is 31.5 Å². The highest BCUT2D eigenvalue weighted by Gasteiger charge is 2.33. The van der Waals surface area contributed by atoms with Crippen molar-refractivity contribution < 1.29 is 9.90 Å². The molecule has 2 aliphatic heterocycles. The van der Waals surface area contributed by atoms with Gasteiger partial charge in [-0.05, 0) is 56.7 Å². The first-order valence-corrected chi connectivity index (χ1v) is 10.2. The van der Waals surface area contributed by atoms with Crippen molar-refractivity contribution in [1.82, 2.24) is 15.1 Å². The molecule has 26 heavy (non-hydrogen) atoms. The Hall–Kier alpha value is -1.59. The monoisotopic (exact) mass is 359 g/mol. The molecule has 144 valence electrons. The summed E-state index contributed by atoms with van der Waals surface area (Å²) < 4.78 is 0. The Kier molecular flexibility index (Phi) is 7.32. The van der Waals surface area contributed by atoms with Crippen molar-refractivity contribution in [3.8, 4) is 0 Å². The number of carbonyl (C=O) groups excluding carboxylic acids is 1. The first kappa shape index (κ1) is 19.2. The molecule has 2 saturated heterocycles. The van der Waals surface area contributed by atoms with Crippen LogP contribution in [0, 0.1) is 5.92 Å². The molecule has 2 fully saturated rings. The third-order valence-corrected chi connectivity index (χ3v) is 5.83. The number of aliphatic hydroxyl groups excluding tert-OH is 1. The predicted octanol–water partition coefficient (Wildman–Crippen LogP) is 2.85. The average molecular weight is 360 g/mol. The van der Waals surface area contributed by atoms with Gasteiger partial charge in [-0.2, -0.15) is 0 Å². The lowest BCUT2D eigenvalue weighted by Gasteiger charge is -2.44. The number of rotatable bonds is 7. The highest BCUT2D eigenvalue weighted by Crippen LogP contribution is 2.30. The second-order valence-electron chi connectivity index (χ2n) is 7.67. The summed E-state index contributed by atoms with van der Waals surface area (Å²) in [4.78, 5) is 17.2. The molecule has 0 aliphatic carbocycles. The van der Waals surface area contributed by atoms with Crippen molar-refractivity contribution in [3.05, 3.63) is 35.9 Å². The minimum absolute atomic E-state index is 0.00441. The summed E-state index contributed by atoms with van der Waals surface area (Å²) in [6.07, 6.45) is 6.99. The Balaban J connectivity index is 1.54. The smallest absolute Gasteiger partial charge is 0.317 e.